The molecule has 0 unspecified atom stereocenters. The number of hydrogen-bond donors (Lipinski definition) is 1. The van der Waals surface area contributed by atoms with Crippen molar-refractivity contribution in [3.63, 3.8) is 0 Å². The molecule has 0 atom stereocenters. The molecule has 0 saturated heterocycles. The Hall–Kier alpha value is -0.320. The van der Waals surface area contributed by atoms with Crippen LogP contribution in [0.3, 0.4) is 0 Å². The Morgan fingerprint density at radius 2 is 2.18 bits per heavy atom. The maximum Gasteiger partial charge on any atom is 0.168 e. The van der Waals surface area contributed by atoms with Crippen molar-refractivity contribution >= 4 is 27.5 Å². The summed E-state index contributed by atoms with van der Waals surface area (Å²) in [7, 11) is 0. The van der Waals surface area contributed by atoms with Crippen LogP contribution in [-0.2, 0) is 0 Å². The molecule has 1 rings (SSSR count). The standard InChI is InChI=1S/C6H4BrClFNO/c7-3-1-4(8)6(11-10)2-5(3)9/h1-2H,10H2. The van der Waals surface area contributed by atoms with Crippen molar-refractivity contribution in [3.8, 4) is 5.75 Å². The predicted octanol–water partition coefficient (Wildman–Crippen LogP) is 2.49. The van der Waals surface area contributed by atoms with Gasteiger partial charge >= 0.3 is 0 Å². The Morgan fingerprint density at radius 1 is 1.55 bits per heavy atom. The number of benzene rings is 1. The summed E-state index contributed by atoms with van der Waals surface area (Å²) in [6.45, 7) is 0. The summed E-state index contributed by atoms with van der Waals surface area (Å²) < 4.78 is 13.0. The molecule has 5 heteroatoms. The first kappa shape index (κ1) is 8.77. The molecule has 0 fully saturated rings. The number of hydrogen-bond acceptors (Lipinski definition) is 2. The summed E-state index contributed by atoms with van der Waals surface area (Å²) in [5, 5.41) is 0.265. The van der Waals surface area contributed by atoms with Gasteiger partial charge in [-0.2, -0.15) is 5.90 Å². The second kappa shape index (κ2) is 3.38. The van der Waals surface area contributed by atoms with Crippen LogP contribution in [0, 0.1) is 5.82 Å². The van der Waals surface area contributed by atoms with E-state index in [0.29, 0.717) is 0 Å². The van der Waals surface area contributed by atoms with E-state index < -0.39 is 5.82 Å². The van der Waals surface area contributed by atoms with Gasteiger partial charge in [-0.15, -0.1) is 0 Å². The van der Waals surface area contributed by atoms with Gasteiger partial charge in [0.15, 0.2) is 5.75 Å². The highest BCUT2D eigenvalue weighted by Gasteiger charge is 2.06. The van der Waals surface area contributed by atoms with Crippen LogP contribution in [0.5, 0.6) is 5.75 Å². The lowest BCUT2D eigenvalue weighted by atomic mass is 10.3. The maximum absolute atomic E-state index is 12.7. The molecule has 0 aliphatic carbocycles. The first-order valence-corrected chi connectivity index (χ1v) is 3.83. The fourth-order valence-corrected chi connectivity index (χ4v) is 1.28. The van der Waals surface area contributed by atoms with Gasteiger partial charge in [-0.05, 0) is 22.0 Å². The van der Waals surface area contributed by atoms with Crippen LogP contribution in [0.15, 0.2) is 16.6 Å². The molecule has 0 amide bonds. The van der Waals surface area contributed by atoms with E-state index in [4.69, 9.17) is 17.5 Å². The molecule has 0 bridgehead atoms. The summed E-state index contributed by atoms with van der Waals surface area (Å²) in [5.41, 5.74) is 0. The van der Waals surface area contributed by atoms with Crippen LogP contribution in [0.4, 0.5) is 4.39 Å². The lowest BCUT2D eigenvalue weighted by Gasteiger charge is -2.01. The Bertz CT molecular complexity index is 282. The summed E-state index contributed by atoms with van der Waals surface area (Å²) in [4.78, 5) is 4.29. The second-order valence-electron chi connectivity index (χ2n) is 1.81. The molecule has 11 heavy (non-hydrogen) atoms. The molecule has 0 radical (unpaired) electrons. The highest BCUT2D eigenvalue weighted by Crippen LogP contribution is 2.29. The van der Waals surface area contributed by atoms with Gasteiger partial charge in [-0.3, -0.25) is 0 Å². The molecule has 2 nitrogen and oxygen atoms in total. The Balaban J connectivity index is 3.21. The lowest BCUT2D eigenvalue weighted by molar-refractivity contribution is 0.332. The van der Waals surface area contributed by atoms with E-state index in [9.17, 15) is 4.39 Å². The third-order valence-corrected chi connectivity index (χ3v) is 2.00. The average molecular weight is 240 g/mol. The van der Waals surface area contributed by atoms with Gasteiger partial charge in [0.2, 0.25) is 0 Å². The fourth-order valence-electron chi connectivity index (χ4n) is 0.595. The maximum atomic E-state index is 12.7. The zero-order valence-corrected chi connectivity index (χ0v) is 7.62. The number of rotatable bonds is 1. The predicted molar refractivity (Wildman–Crippen MR) is 43.9 cm³/mol. The van der Waals surface area contributed by atoms with Crippen molar-refractivity contribution < 1.29 is 9.23 Å². The van der Waals surface area contributed by atoms with Gasteiger partial charge in [0, 0.05) is 6.07 Å². The normalized spacial score (nSPS) is 9.82. The molecular formula is C6H4BrClFNO. The van der Waals surface area contributed by atoms with Crippen molar-refractivity contribution in [1.82, 2.24) is 0 Å². The summed E-state index contributed by atoms with van der Waals surface area (Å²) in [6, 6.07) is 2.48. The molecule has 0 heterocycles. The van der Waals surface area contributed by atoms with Crippen LogP contribution < -0.4 is 10.7 Å². The lowest BCUT2D eigenvalue weighted by Crippen LogP contribution is -2.02. The Labute approximate surface area is 76.2 Å². The second-order valence-corrected chi connectivity index (χ2v) is 3.08. The van der Waals surface area contributed by atoms with Crippen LogP contribution in [0.2, 0.25) is 5.02 Å². The molecule has 0 aliphatic rings. The highest BCUT2D eigenvalue weighted by atomic mass is 79.9. The van der Waals surface area contributed by atoms with Crippen LogP contribution in [-0.4, -0.2) is 0 Å². The van der Waals surface area contributed by atoms with Crippen molar-refractivity contribution in [2.45, 2.75) is 0 Å². The quantitative estimate of drug-likeness (QED) is 0.605. The Morgan fingerprint density at radius 3 is 2.73 bits per heavy atom. The smallest absolute Gasteiger partial charge is 0.168 e. The molecule has 0 aromatic heterocycles. The molecule has 0 saturated carbocycles. The van der Waals surface area contributed by atoms with E-state index in [2.05, 4.69) is 20.8 Å². The highest BCUT2D eigenvalue weighted by molar-refractivity contribution is 9.10. The topological polar surface area (TPSA) is 35.2 Å². The zero-order valence-electron chi connectivity index (χ0n) is 5.27. The van der Waals surface area contributed by atoms with Gasteiger partial charge in [0.05, 0.1) is 9.50 Å². The minimum Gasteiger partial charge on any atom is -0.410 e. The molecule has 60 valence electrons. The zero-order chi connectivity index (χ0) is 8.43. The first-order valence-electron chi connectivity index (χ1n) is 2.66. The monoisotopic (exact) mass is 239 g/mol. The van der Waals surface area contributed by atoms with Crippen LogP contribution >= 0.6 is 27.5 Å². The third kappa shape index (κ3) is 1.83. The van der Waals surface area contributed by atoms with Crippen molar-refractivity contribution in [2.24, 2.45) is 5.90 Å². The van der Waals surface area contributed by atoms with E-state index in [1.165, 1.54) is 6.07 Å². The largest absolute Gasteiger partial charge is 0.410 e. The van der Waals surface area contributed by atoms with Gasteiger partial charge in [0.25, 0.3) is 0 Å². The molecule has 1 aromatic carbocycles. The van der Waals surface area contributed by atoms with Gasteiger partial charge in [-0.1, -0.05) is 11.6 Å². The first-order chi connectivity index (χ1) is 5.15. The van der Waals surface area contributed by atoms with Crippen molar-refractivity contribution in [1.29, 1.82) is 0 Å². The van der Waals surface area contributed by atoms with E-state index in [-0.39, 0.29) is 15.2 Å². The molecule has 0 aliphatic heterocycles. The van der Waals surface area contributed by atoms with Crippen molar-refractivity contribution in [2.75, 3.05) is 0 Å². The Kier molecular flexibility index (Phi) is 2.70. The van der Waals surface area contributed by atoms with E-state index in [0.717, 1.165) is 6.07 Å². The van der Waals surface area contributed by atoms with E-state index >= 15 is 0 Å². The van der Waals surface area contributed by atoms with E-state index in [1.807, 2.05) is 0 Å². The molecule has 1 aromatic rings. The van der Waals surface area contributed by atoms with Crippen LogP contribution in [0.1, 0.15) is 0 Å². The number of halogens is 3. The number of nitrogens with two attached hydrogens (primary N) is 1. The van der Waals surface area contributed by atoms with Gasteiger partial charge < -0.3 is 4.84 Å². The van der Waals surface area contributed by atoms with Crippen molar-refractivity contribution in [3.05, 3.63) is 27.4 Å². The van der Waals surface area contributed by atoms with Gasteiger partial charge in [0.1, 0.15) is 5.82 Å². The van der Waals surface area contributed by atoms with Crippen LogP contribution in [0.25, 0.3) is 0 Å². The summed E-state index contributed by atoms with van der Waals surface area (Å²) >= 11 is 8.55. The summed E-state index contributed by atoms with van der Waals surface area (Å²) in [5.74, 6) is 4.46. The van der Waals surface area contributed by atoms with E-state index in [1.54, 1.807) is 0 Å². The minimum atomic E-state index is -0.463. The third-order valence-electron chi connectivity index (χ3n) is 1.10. The SMILES string of the molecule is NOc1cc(F)c(Br)cc1Cl. The average Bonchev–Trinajstić information content (AvgIpc) is 1.97. The fraction of sp³-hybridized carbons (Fsp3) is 0. The minimum absolute atomic E-state index is 0.118. The van der Waals surface area contributed by atoms with Gasteiger partial charge in [-0.25, -0.2) is 4.39 Å². The summed E-state index contributed by atoms with van der Waals surface area (Å²) in [6.07, 6.45) is 0. The molecular weight excluding hydrogens is 236 g/mol. The molecule has 0 spiro atoms. The molecule has 2 N–H and O–H groups in total.